The maximum Gasteiger partial charge on any atom is 0.338 e. The van der Waals surface area contributed by atoms with Crippen molar-refractivity contribution in [3.63, 3.8) is 0 Å². The van der Waals surface area contributed by atoms with E-state index < -0.39 is 11.4 Å². The van der Waals surface area contributed by atoms with E-state index in [1.54, 1.807) is 24.3 Å². The van der Waals surface area contributed by atoms with Crippen LogP contribution in [0.5, 0.6) is 0 Å². The van der Waals surface area contributed by atoms with Gasteiger partial charge in [0.15, 0.2) is 5.78 Å². The Morgan fingerprint density at radius 2 is 1.68 bits per heavy atom. The topological polar surface area (TPSA) is 63.6 Å². The van der Waals surface area contributed by atoms with E-state index in [0.717, 1.165) is 6.42 Å². The van der Waals surface area contributed by atoms with Crippen molar-refractivity contribution in [3.8, 4) is 0 Å². The molecular weight excluding hydrogens is 244 g/mol. The van der Waals surface area contributed by atoms with Crippen molar-refractivity contribution in [2.45, 2.75) is 27.2 Å². The molecule has 0 spiro atoms. The van der Waals surface area contributed by atoms with Gasteiger partial charge in [0.05, 0.1) is 12.2 Å². The van der Waals surface area contributed by atoms with E-state index in [-0.39, 0.29) is 19.0 Å². The summed E-state index contributed by atoms with van der Waals surface area (Å²) < 4.78 is 4.79. The molecule has 1 aromatic carbocycles. The minimum atomic E-state index is -0.497. The molecule has 0 unspecified atom stereocenters. The Balaban J connectivity index is 2.82. The molecule has 0 bridgehead atoms. The van der Waals surface area contributed by atoms with E-state index in [0.29, 0.717) is 11.1 Å². The number of aliphatic hydroxyl groups is 1. The molecule has 0 radical (unpaired) electrons. The molecule has 1 N–H and O–H groups in total. The predicted octanol–water partition coefficient (Wildman–Crippen LogP) is 2.45. The van der Waals surface area contributed by atoms with Crippen LogP contribution in [0.3, 0.4) is 0 Å². The second-order valence-electron chi connectivity index (χ2n) is 5.00. The quantitative estimate of drug-likeness (QED) is 0.633. The number of ether oxygens (including phenoxy) is 1. The number of carbonyl (C=O) groups excluding carboxylic acids is 2. The second kappa shape index (κ2) is 6.48. The van der Waals surface area contributed by atoms with Crippen LogP contribution in [0.15, 0.2) is 24.3 Å². The first kappa shape index (κ1) is 15.4. The number of hydrogen-bond acceptors (Lipinski definition) is 4. The third-order valence-electron chi connectivity index (χ3n) is 3.21. The minimum absolute atomic E-state index is 0.0254. The van der Waals surface area contributed by atoms with E-state index >= 15 is 0 Å². The van der Waals surface area contributed by atoms with Gasteiger partial charge in [-0.3, -0.25) is 4.79 Å². The first-order valence-corrected chi connectivity index (χ1v) is 6.35. The van der Waals surface area contributed by atoms with Crippen LogP contribution in [0.4, 0.5) is 0 Å². The Hall–Kier alpha value is -1.68. The van der Waals surface area contributed by atoms with Crippen LogP contribution in [0.2, 0.25) is 0 Å². The van der Waals surface area contributed by atoms with Gasteiger partial charge in [-0.15, -0.1) is 0 Å². The lowest BCUT2D eigenvalue weighted by atomic mass is 9.82. The van der Waals surface area contributed by atoms with Gasteiger partial charge in [-0.25, -0.2) is 4.79 Å². The molecule has 104 valence electrons. The molecule has 0 fully saturated rings. The molecule has 0 amide bonds. The first-order valence-electron chi connectivity index (χ1n) is 6.35. The highest BCUT2D eigenvalue weighted by Gasteiger charge is 2.26. The predicted molar refractivity (Wildman–Crippen MR) is 72.2 cm³/mol. The number of carbonyl (C=O) groups is 2. The summed E-state index contributed by atoms with van der Waals surface area (Å²) in [7, 11) is 0. The maximum atomic E-state index is 12.2. The average molecular weight is 264 g/mol. The van der Waals surface area contributed by atoms with Crippen LogP contribution >= 0.6 is 0 Å². The monoisotopic (exact) mass is 264 g/mol. The van der Waals surface area contributed by atoms with Crippen molar-refractivity contribution in [3.05, 3.63) is 35.4 Å². The third kappa shape index (κ3) is 3.89. The Morgan fingerprint density at radius 3 is 2.16 bits per heavy atom. The molecule has 0 heterocycles. The third-order valence-corrected chi connectivity index (χ3v) is 3.21. The molecule has 0 saturated carbocycles. The van der Waals surface area contributed by atoms with Gasteiger partial charge in [-0.2, -0.15) is 0 Å². The Labute approximate surface area is 113 Å². The van der Waals surface area contributed by atoms with Gasteiger partial charge in [0, 0.05) is 11.0 Å². The SMILES string of the molecule is CCC(C)(C)C(=O)c1ccc(C(=O)OCCO)cc1. The smallest absolute Gasteiger partial charge is 0.338 e. The lowest BCUT2D eigenvalue weighted by molar-refractivity contribution is 0.0433. The zero-order valence-corrected chi connectivity index (χ0v) is 11.6. The summed E-state index contributed by atoms with van der Waals surface area (Å²) >= 11 is 0. The molecule has 0 aliphatic rings. The number of benzene rings is 1. The summed E-state index contributed by atoms with van der Waals surface area (Å²) in [6.07, 6.45) is 0.756. The van der Waals surface area contributed by atoms with Crippen LogP contribution in [0, 0.1) is 5.41 Å². The largest absolute Gasteiger partial charge is 0.460 e. The van der Waals surface area contributed by atoms with E-state index in [2.05, 4.69) is 0 Å². The van der Waals surface area contributed by atoms with Crippen molar-refractivity contribution in [2.24, 2.45) is 5.41 Å². The fraction of sp³-hybridized carbons (Fsp3) is 0.467. The van der Waals surface area contributed by atoms with Crippen molar-refractivity contribution in [1.29, 1.82) is 0 Å². The molecule has 19 heavy (non-hydrogen) atoms. The number of Topliss-reactive ketones (excluding diaryl/α,β-unsaturated/α-hetero) is 1. The zero-order chi connectivity index (χ0) is 14.5. The van der Waals surface area contributed by atoms with Crippen LogP contribution in [0.1, 0.15) is 47.9 Å². The summed E-state index contributed by atoms with van der Waals surface area (Å²) in [6.45, 7) is 5.55. The van der Waals surface area contributed by atoms with Crippen LogP contribution in [0.25, 0.3) is 0 Å². The first-order chi connectivity index (χ1) is 8.92. The standard InChI is InChI=1S/C15H20O4/c1-4-15(2,3)13(17)11-5-7-12(8-6-11)14(18)19-10-9-16/h5-8,16H,4,9-10H2,1-3H3. The maximum absolute atomic E-state index is 12.2. The van der Waals surface area contributed by atoms with Crippen molar-refractivity contribution in [2.75, 3.05) is 13.2 Å². The second-order valence-corrected chi connectivity index (χ2v) is 5.00. The minimum Gasteiger partial charge on any atom is -0.460 e. The number of ketones is 1. The summed E-state index contributed by atoms with van der Waals surface area (Å²) in [4.78, 5) is 23.7. The van der Waals surface area contributed by atoms with Crippen molar-refractivity contribution in [1.82, 2.24) is 0 Å². The normalized spacial score (nSPS) is 11.2. The lowest BCUT2D eigenvalue weighted by Gasteiger charge is -2.20. The molecule has 1 rings (SSSR count). The van der Waals surface area contributed by atoms with E-state index in [9.17, 15) is 9.59 Å². The fourth-order valence-electron chi connectivity index (χ4n) is 1.53. The molecule has 0 saturated heterocycles. The highest BCUT2D eigenvalue weighted by Crippen LogP contribution is 2.25. The Morgan fingerprint density at radius 1 is 1.16 bits per heavy atom. The summed E-state index contributed by atoms with van der Waals surface area (Å²) in [6, 6.07) is 6.40. The van der Waals surface area contributed by atoms with E-state index in [1.807, 2.05) is 20.8 Å². The summed E-state index contributed by atoms with van der Waals surface area (Å²) in [5.41, 5.74) is 0.559. The Bertz CT molecular complexity index is 446. The molecular formula is C15H20O4. The molecule has 0 aromatic heterocycles. The highest BCUT2D eigenvalue weighted by atomic mass is 16.5. The number of esters is 1. The van der Waals surface area contributed by atoms with Gasteiger partial charge in [0.2, 0.25) is 0 Å². The lowest BCUT2D eigenvalue weighted by Crippen LogP contribution is -2.23. The average Bonchev–Trinajstić information content (AvgIpc) is 2.44. The Kier molecular flexibility index (Phi) is 5.24. The zero-order valence-electron chi connectivity index (χ0n) is 11.6. The van der Waals surface area contributed by atoms with Crippen LogP contribution in [-0.4, -0.2) is 30.1 Å². The van der Waals surface area contributed by atoms with Gasteiger partial charge < -0.3 is 9.84 Å². The highest BCUT2D eigenvalue weighted by molar-refractivity contribution is 6.00. The van der Waals surface area contributed by atoms with Gasteiger partial charge in [0.25, 0.3) is 0 Å². The van der Waals surface area contributed by atoms with E-state index in [4.69, 9.17) is 9.84 Å². The summed E-state index contributed by atoms with van der Waals surface area (Å²) in [5.74, 6) is -0.437. The van der Waals surface area contributed by atoms with Crippen LogP contribution < -0.4 is 0 Å². The van der Waals surface area contributed by atoms with Gasteiger partial charge >= 0.3 is 5.97 Å². The van der Waals surface area contributed by atoms with Gasteiger partial charge in [-0.1, -0.05) is 32.9 Å². The van der Waals surface area contributed by atoms with Gasteiger partial charge in [-0.05, 0) is 18.6 Å². The molecule has 1 aromatic rings. The summed E-state index contributed by atoms with van der Waals surface area (Å²) in [5, 5.41) is 8.57. The number of rotatable bonds is 6. The molecule has 4 heteroatoms. The van der Waals surface area contributed by atoms with Crippen molar-refractivity contribution >= 4 is 11.8 Å². The van der Waals surface area contributed by atoms with E-state index in [1.165, 1.54) is 0 Å². The number of hydrogen-bond donors (Lipinski definition) is 1. The van der Waals surface area contributed by atoms with Crippen molar-refractivity contribution < 1.29 is 19.4 Å². The molecule has 4 nitrogen and oxygen atoms in total. The molecule has 0 atom stereocenters. The van der Waals surface area contributed by atoms with Crippen LogP contribution in [-0.2, 0) is 4.74 Å². The number of aliphatic hydroxyl groups excluding tert-OH is 1. The fourth-order valence-corrected chi connectivity index (χ4v) is 1.53. The van der Waals surface area contributed by atoms with Gasteiger partial charge in [0.1, 0.15) is 6.61 Å². The molecule has 0 aliphatic heterocycles. The molecule has 0 aliphatic carbocycles.